The number of aliphatic hydroxyl groups excluding tert-OH is 1. The summed E-state index contributed by atoms with van der Waals surface area (Å²) in [5.41, 5.74) is 0.792. The molecule has 0 spiro atoms. The largest absolute Gasteiger partial charge is 0.490 e. The average Bonchev–Trinajstić information content (AvgIpc) is 2.67. The van der Waals surface area contributed by atoms with E-state index in [2.05, 4.69) is 4.90 Å². The van der Waals surface area contributed by atoms with Gasteiger partial charge in [0.15, 0.2) is 0 Å². The first kappa shape index (κ1) is 12.9. The van der Waals surface area contributed by atoms with Gasteiger partial charge in [-0.2, -0.15) is 0 Å². The van der Waals surface area contributed by atoms with Crippen LogP contribution in [0.25, 0.3) is 0 Å². The van der Waals surface area contributed by atoms with Gasteiger partial charge in [0, 0.05) is 5.56 Å². The van der Waals surface area contributed by atoms with Crippen molar-refractivity contribution in [3.63, 3.8) is 0 Å². The van der Waals surface area contributed by atoms with Crippen molar-refractivity contribution < 1.29 is 14.2 Å². The highest BCUT2D eigenvalue weighted by molar-refractivity contribution is 5.39. The number of fused-ring (bicyclic) bond motifs is 1. The van der Waals surface area contributed by atoms with Gasteiger partial charge in [-0.3, -0.25) is 4.90 Å². The lowest BCUT2D eigenvalue weighted by molar-refractivity contribution is 0.000896. The highest BCUT2D eigenvalue weighted by Gasteiger charge is 2.34. The summed E-state index contributed by atoms with van der Waals surface area (Å²) < 4.78 is 19.0. The number of rotatable bonds is 1. The van der Waals surface area contributed by atoms with Crippen molar-refractivity contribution in [2.24, 2.45) is 0 Å². The molecule has 0 aromatic heterocycles. The van der Waals surface area contributed by atoms with Gasteiger partial charge in [0.25, 0.3) is 0 Å². The van der Waals surface area contributed by atoms with Crippen LogP contribution < -0.4 is 4.74 Å². The van der Waals surface area contributed by atoms with E-state index in [0.717, 1.165) is 31.5 Å². The quantitative estimate of drug-likeness (QED) is 0.847. The second-order valence-corrected chi connectivity index (χ2v) is 5.46. The van der Waals surface area contributed by atoms with Crippen LogP contribution in [0.1, 0.15) is 37.3 Å². The van der Waals surface area contributed by atoms with Crippen LogP contribution in [0.15, 0.2) is 18.2 Å². The molecule has 19 heavy (non-hydrogen) atoms. The summed E-state index contributed by atoms with van der Waals surface area (Å²) in [6, 6.07) is 4.46. The third-order valence-corrected chi connectivity index (χ3v) is 4.10. The number of aliphatic hydroxyl groups is 1. The first-order chi connectivity index (χ1) is 9.25. The van der Waals surface area contributed by atoms with E-state index >= 15 is 0 Å². The lowest BCUT2D eigenvalue weighted by Crippen LogP contribution is -2.42. The van der Waals surface area contributed by atoms with Crippen LogP contribution in [0.2, 0.25) is 0 Å². The Hall–Kier alpha value is -1.13. The van der Waals surface area contributed by atoms with Crippen molar-refractivity contribution >= 4 is 0 Å². The van der Waals surface area contributed by atoms with Gasteiger partial charge in [0.2, 0.25) is 0 Å². The Morgan fingerprint density at radius 2 is 1.89 bits per heavy atom. The molecule has 0 bridgehead atoms. The highest BCUT2D eigenvalue weighted by Crippen LogP contribution is 2.37. The fourth-order valence-electron chi connectivity index (χ4n) is 3.17. The Balaban J connectivity index is 1.93. The first-order valence-corrected chi connectivity index (χ1v) is 7.10. The van der Waals surface area contributed by atoms with Crippen molar-refractivity contribution in [3.8, 4) is 5.75 Å². The number of benzene rings is 1. The first-order valence-electron chi connectivity index (χ1n) is 7.10. The molecule has 104 valence electrons. The zero-order chi connectivity index (χ0) is 13.2. The van der Waals surface area contributed by atoms with Crippen LogP contribution >= 0.6 is 0 Å². The van der Waals surface area contributed by atoms with Crippen LogP contribution in [0.5, 0.6) is 5.75 Å². The Morgan fingerprint density at radius 1 is 1.16 bits per heavy atom. The van der Waals surface area contributed by atoms with Crippen molar-refractivity contribution in [1.82, 2.24) is 4.90 Å². The summed E-state index contributed by atoms with van der Waals surface area (Å²) in [5, 5.41) is 10.3. The summed E-state index contributed by atoms with van der Waals surface area (Å²) in [7, 11) is 0. The Bertz CT molecular complexity index is 444. The molecule has 1 aromatic carbocycles. The maximum atomic E-state index is 13.5. The van der Waals surface area contributed by atoms with Crippen LogP contribution in [0.4, 0.5) is 4.39 Å². The van der Waals surface area contributed by atoms with E-state index in [1.54, 1.807) is 6.07 Å². The van der Waals surface area contributed by atoms with Gasteiger partial charge in [-0.05, 0) is 44.1 Å². The number of hydrogen-bond acceptors (Lipinski definition) is 3. The molecule has 2 unspecified atom stereocenters. The molecule has 4 heteroatoms. The summed E-state index contributed by atoms with van der Waals surface area (Å²) in [4.78, 5) is 2.29. The lowest BCUT2D eigenvalue weighted by Gasteiger charge is -2.38. The molecule has 2 aliphatic heterocycles. The highest BCUT2D eigenvalue weighted by atomic mass is 19.1. The number of ether oxygens (including phenoxy) is 1. The molecule has 3 nitrogen and oxygen atoms in total. The molecule has 3 rings (SSSR count). The normalized spacial score (nSPS) is 28.3. The minimum Gasteiger partial charge on any atom is -0.490 e. The maximum absolute atomic E-state index is 13.5. The zero-order valence-electron chi connectivity index (χ0n) is 11.0. The van der Waals surface area contributed by atoms with Crippen molar-refractivity contribution in [2.75, 3.05) is 19.7 Å². The van der Waals surface area contributed by atoms with Gasteiger partial charge in [-0.1, -0.05) is 12.8 Å². The molecule has 0 amide bonds. The smallest absolute Gasteiger partial charge is 0.124 e. The second kappa shape index (κ2) is 5.47. The number of nitrogens with zero attached hydrogens (tertiary/aromatic N) is 1. The topological polar surface area (TPSA) is 32.7 Å². The molecule has 2 aliphatic rings. The van der Waals surface area contributed by atoms with Crippen LogP contribution in [-0.4, -0.2) is 35.8 Å². The standard InChI is InChI=1S/C15H20FNO2/c16-11-5-6-14-12(9-11)15(13(18)10-19-14)17-7-3-1-2-4-8-17/h5-6,9,13,15,18H,1-4,7-8,10H2. The molecule has 0 saturated carbocycles. The minimum atomic E-state index is -0.576. The summed E-state index contributed by atoms with van der Waals surface area (Å²) in [6.45, 7) is 2.23. The maximum Gasteiger partial charge on any atom is 0.124 e. The third kappa shape index (κ3) is 2.60. The van der Waals surface area contributed by atoms with E-state index in [4.69, 9.17) is 4.74 Å². The van der Waals surface area contributed by atoms with E-state index in [0.29, 0.717) is 12.4 Å². The fourth-order valence-corrected chi connectivity index (χ4v) is 3.17. The average molecular weight is 265 g/mol. The number of hydrogen-bond donors (Lipinski definition) is 1. The van der Waals surface area contributed by atoms with Crippen LogP contribution in [0, 0.1) is 5.82 Å². The molecule has 2 heterocycles. The SMILES string of the molecule is OC1COc2ccc(F)cc2C1N1CCCCCC1. The number of likely N-dealkylation sites (tertiary alicyclic amines) is 1. The monoisotopic (exact) mass is 265 g/mol. The van der Waals surface area contributed by atoms with E-state index < -0.39 is 6.10 Å². The van der Waals surface area contributed by atoms with E-state index in [-0.39, 0.29) is 11.9 Å². The molecule has 0 radical (unpaired) electrons. The lowest BCUT2D eigenvalue weighted by atomic mass is 9.96. The van der Waals surface area contributed by atoms with Crippen LogP contribution in [0.3, 0.4) is 0 Å². The Morgan fingerprint density at radius 3 is 2.63 bits per heavy atom. The van der Waals surface area contributed by atoms with E-state index in [9.17, 15) is 9.50 Å². The van der Waals surface area contributed by atoms with Gasteiger partial charge in [0.05, 0.1) is 6.04 Å². The molecular weight excluding hydrogens is 245 g/mol. The Labute approximate surface area is 113 Å². The van der Waals surface area contributed by atoms with Gasteiger partial charge < -0.3 is 9.84 Å². The van der Waals surface area contributed by atoms with E-state index in [1.165, 1.54) is 25.0 Å². The van der Waals surface area contributed by atoms with Gasteiger partial charge in [-0.25, -0.2) is 4.39 Å². The zero-order valence-corrected chi connectivity index (χ0v) is 11.0. The summed E-state index contributed by atoms with van der Waals surface area (Å²) in [6.07, 6.45) is 4.20. The van der Waals surface area contributed by atoms with Crippen LogP contribution in [-0.2, 0) is 0 Å². The predicted octanol–water partition coefficient (Wildman–Crippen LogP) is 2.50. The molecule has 1 fully saturated rings. The molecule has 2 atom stereocenters. The molecular formula is C15H20FNO2. The second-order valence-electron chi connectivity index (χ2n) is 5.46. The van der Waals surface area contributed by atoms with Crippen molar-refractivity contribution in [1.29, 1.82) is 0 Å². The van der Waals surface area contributed by atoms with Crippen molar-refractivity contribution in [3.05, 3.63) is 29.6 Å². The van der Waals surface area contributed by atoms with Gasteiger partial charge in [-0.15, -0.1) is 0 Å². The molecule has 1 aromatic rings. The molecule has 0 aliphatic carbocycles. The molecule has 1 saturated heterocycles. The third-order valence-electron chi connectivity index (χ3n) is 4.10. The molecule has 1 N–H and O–H groups in total. The number of halogens is 1. The minimum absolute atomic E-state index is 0.127. The van der Waals surface area contributed by atoms with E-state index in [1.807, 2.05) is 0 Å². The van der Waals surface area contributed by atoms with Gasteiger partial charge in [0.1, 0.15) is 24.3 Å². The van der Waals surface area contributed by atoms with Gasteiger partial charge >= 0.3 is 0 Å². The fraction of sp³-hybridized carbons (Fsp3) is 0.600. The summed E-state index contributed by atoms with van der Waals surface area (Å²) in [5.74, 6) is 0.442. The Kier molecular flexibility index (Phi) is 3.71. The predicted molar refractivity (Wildman–Crippen MR) is 70.7 cm³/mol. The summed E-state index contributed by atoms with van der Waals surface area (Å²) >= 11 is 0. The van der Waals surface area contributed by atoms with Crippen molar-refractivity contribution in [2.45, 2.75) is 37.8 Å².